The Labute approximate surface area is 118 Å². The molecular formula is C15H29NO2Si. The van der Waals surface area contributed by atoms with Crippen molar-refractivity contribution in [2.75, 3.05) is 0 Å². The van der Waals surface area contributed by atoms with Crippen molar-refractivity contribution >= 4 is 8.07 Å². The zero-order chi connectivity index (χ0) is 14.5. The fraction of sp³-hybridized carbons (Fsp3) is 0.867. The summed E-state index contributed by atoms with van der Waals surface area (Å²) >= 11 is 0. The molecule has 0 radical (unpaired) electrons. The largest absolute Gasteiger partial charge is 0.469 e. The Bertz CT molecular complexity index is 376. The van der Waals surface area contributed by atoms with Crippen LogP contribution >= 0.6 is 0 Å². The van der Waals surface area contributed by atoms with Crippen molar-refractivity contribution in [1.29, 1.82) is 0 Å². The van der Waals surface area contributed by atoms with E-state index in [-0.39, 0.29) is 10.8 Å². The highest BCUT2D eigenvalue weighted by atomic mass is 28.3. The van der Waals surface area contributed by atoms with E-state index in [2.05, 4.69) is 58.7 Å². The maximum absolute atomic E-state index is 6.30. The van der Waals surface area contributed by atoms with Gasteiger partial charge in [-0.3, -0.25) is 0 Å². The van der Waals surface area contributed by atoms with E-state index in [9.17, 15) is 0 Å². The van der Waals surface area contributed by atoms with E-state index in [0.29, 0.717) is 12.1 Å². The van der Waals surface area contributed by atoms with Gasteiger partial charge in [0.1, 0.15) is 5.60 Å². The molecule has 2 aliphatic rings. The van der Waals surface area contributed by atoms with Crippen LogP contribution in [-0.2, 0) is 9.47 Å². The van der Waals surface area contributed by atoms with Crippen molar-refractivity contribution in [1.82, 2.24) is 5.32 Å². The minimum absolute atomic E-state index is 0.0524. The van der Waals surface area contributed by atoms with Crippen molar-refractivity contribution < 1.29 is 9.47 Å². The lowest BCUT2D eigenvalue weighted by molar-refractivity contribution is -0.0814. The zero-order valence-electron chi connectivity index (χ0n) is 13.5. The van der Waals surface area contributed by atoms with Gasteiger partial charge < -0.3 is 14.8 Å². The monoisotopic (exact) mass is 283 g/mol. The highest BCUT2D eigenvalue weighted by molar-refractivity contribution is 6.78. The maximum atomic E-state index is 6.30. The van der Waals surface area contributed by atoms with Crippen LogP contribution in [0.2, 0.25) is 19.6 Å². The summed E-state index contributed by atoms with van der Waals surface area (Å²) in [5.74, 6) is 0.943. The molecule has 0 aromatic rings. The lowest BCUT2D eigenvalue weighted by Gasteiger charge is -2.46. The molecule has 0 aromatic heterocycles. The first-order valence-electron chi connectivity index (χ1n) is 7.35. The van der Waals surface area contributed by atoms with Crippen LogP contribution in [0, 0.1) is 0 Å². The fourth-order valence-electron chi connectivity index (χ4n) is 2.25. The molecule has 1 heterocycles. The van der Waals surface area contributed by atoms with E-state index in [1.165, 1.54) is 0 Å². The minimum Gasteiger partial charge on any atom is -0.469 e. The topological polar surface area (TPSA) is 30.5 Å². The molecular weight excluding hydrogens is 254 g/mol. The summed E-state index contributed by atoms with van der Waals surface area (Å²) in [6.07, 6.45) is 4.74. The van der Waals surface area contributed by atoms with Crippen LogP contribution in [0.5, 0.6) is 0 Å². The van der Waals surface area contributed by atoms with E-state index in [0.717, 1.165) is 18.7 Å². The highest BCUT2D eigenvalue weighted by Crippen LogP contribution is 2.34. The number of ether oxygens (including phenoxy) is 2. The summed E-state index contributed by atoms with van der Waals surface area (Å²) in [5.41, 5.74) is -0.0815. The van der Waals surface area contributed by atoms with Gasteiger partial charge >= 0.3 is 0 Å². The summed E-state index contributed by atoms with van der Waals surface area (Å²) in [7, 11) is -1.28. The summed E-state index contributed by atoms with van der Waals surface area (Å²) in [5, 5.41) is 3.49. The first-order chi connectivity index (χ1) is 8.48. The van der Waals surface area contributed by atoms with Gasteiger partial charge in [-0.25, -0.2) is 0 Å². The molecule has 0 aromatic carbocycles. The molecule has 3 nitrogen and oxygen atoms in total. The number of nitrogens with one attached hydrogen (secondary N) is 1. The first kappa shape index (κ1) is 14.9. The summed E-state index contributed by atoms with van der Waals surface area (Å²) in [4.78, 5) is 0. The van der Waals surface area contributed by atoms with Crippen molar-refractivity contribution in [2.24, 2.45) is 0 Å². The van der Waals surface area contributed by atoms with Gasteiger partial charge in [0.15, 0.2) is 5.88 Å². The third-order valence-corrected chi connectivity index (χ3v) is 8.29. The van der Waals surface area contributed by atoms with E-state index >= 15 is 0 Å². The van der Waals surface area contributed by atoms with Gasteiger partial charge in [-0.1, -0.05) is 19.6 Å². The third kappa shape index (κ3) is 3.34. The lowest BCUT2D eigenvalue weighted by Crippen LogP contribution is -2.56. The van der Waals surface area contributed by atoms with Gasteiger partial charge in [-0.2, -0.15) is 0 Å². The summed E-state index contributed by atoms with van der Waals surface area (Å²) < 4.78 is 11.9. The zero-order valence-corrected chi connectivity index (χ0v) is 14.5. The number of hydrogen-bond donors (Lipinski definition) is 1. The van der Waals surface area contributed by atoms with Gasteiger partial charge in [0.2, 0.25) is 0 Å². The molecule has 19 heavy (non-hydrogen) atoms. The molecule has 1 N–H and O–H groups in total. The molecule has 1 aliphatic carbocycles. The van der Waals surface area contributed by atoms with Crippen molar-refractivity contribution in [3.8, 4) is 0 Å². The van der Waals surface area contributed by atoms with Gasteiger partial charge in [0.05, 0.1) is 19.4 Å². The second kappa shape index (κ2) is 4.52. The third-order valence-electron chi connectivity index (χ3n) is 4.56. The normalized spacial score (nSPS) is 29.7. The average molecular weight is 283 g/mol. The summed E-state index contributed by atoms with van der Waals surface area (Å²) in [6, 6.07) is 0.518. The second-order valence-corrected chi connectivity index (χ2v) is 13.7. The minimum atomic E-state index is -1.28. The number of rotatable bonds is 5. The molecule has 0 bridgehead atoms. The molecule has 0 amide bonds. The van der Waals surface area contributed by atoms with E-state index < -0.39 is 8.07 Å². The smallest absolute Gasteiger partial charge is 0.187 e. The van der Waals surface area contributed by atoms with E-state index in [1.807, 2.05) is 0 Å². The van der Waals surface area contributed by atoms with Crippen LogP contribution in [0.4, 0.5) is 0 Å². The molecule has 1 aliphatic heterocycles. The maximum Gasteiger partial charge on any atom is 0.187 e. The van der Waals surface area contributed by atoms with Crippen molar-refractivity contribution in [3.05, 3.63) is 12.0 Å². The lowest BCUT2D eigenvalue weighted by atomic mass is 9.89. The molecule has 0 spiro atoms. The predicted octanol–water partition coefficient (Wildman–Crippen LogP) is 3.43. The van der Waals surface area contributed by atoms with Crippen LogP contribution in [0.15, 0.2) is 12.0 Å². The number of hydrogen-bond acceptors (Lipinski definition) is 3. The molecule has 0 atom stereocenters. The Kier molecular flexibility index (Phi) is 3.55. The van der Waals surface area contributed by atoms with Crippen LogP contribution in [-0.4, -0.2) is 31.0 Å². The highest BCUT2D eigenvalue weighted by Gasteiger charge is 2.42. The van der Waals surface area contributed by atoms with Crippen LogP contribution in [0.3, 0.4) is 0 Å². The average Bonchev–Trinajstić information content (AvgIpc) is 2.08. The second-order valence-electron chi connectivity index (χ2n) is 8.03. The van der Waals surface area contributed by atoms with Gasteiger partial charge in [-0.05, 0) is 40.5 Å². The quantitative estimate of drug-likeness (QED) is 0.784. The first-order valence-corrected chi connectivity index (χ1v) is 10.8. The van der Waals surface area contributed by atoms with E-state index in [4.69, 9.17) is 9.47 Å². The van der Waals surface area contributed by atoms with Crippen molar-refractivity contribution in [3.63, 3.8) is 0 Å². The molecule has 0 unspecified atom stereocenters. The van der Waals surface area contributed by atoms with Gasteiger partial charge in [0, 0.05) is 12.1 Å². The Morgan fingerprint density at radius 1 is 1.32 bits per heavy atom. The Hall–Kier alpha value is -0.483. The predicted molar refractivity (Wildman–Crippen MR) is 81.7 cm³/mol. The van der Waals surface area contributed by atoms with Crippen LogP contribution in [0.1, 0.15) is 40.5 Å². The molecule has 4 heteroatoms. The Morgan fingerprint density at radius 2 is 1.84 bits per heavy atom. The van der Waals surface area contributed by atoms with Crippen LogP contribution in [0.25, 0.3) is 0 Å². The SMILES string of the molecule is CC1(C)C=C(NC2CC(OC(C)(C)[Si](C)(C)C)C2)O1. The Balaban J connectivity index is 1.73. The van der Waals surface area contributed by atoms with Gasteiger partial charge in [0.25, 0.3) is 0 Å². The molecule has 1 fully saturated rings. The Morgan fingerprint density at radius 3 is 2.26 bits per heavy atom. The standard InChI is InChI=1S/C15H29NO2Si/c1-14(2)10-13(18-14)16-11-8-12(9-11)17-15(3,4)19(5,6)7/h10-12,16H,8-9H2,1-7H3. The summed E-state index contributed by atoms with van der Waals surface area (Å²) in [6.45, 7) is 15.8. The van der Waals surface area contributed by atoms with Crippen LogP contribution < -0.4 is 5.32 Å². The van der Waals surface area contributed by atoms with Gasteiger partial charge in [-0.15, -0.1) is 0 Å². The van der Waals surface area contributed by atoms with E-state index in [1.54, 1.807) is 0 Å². The molecule has 1 saturated carbocycles. The molecule has 0 saturated heterocycles. The fourth-order valence-corrected chi connectivity index (χ4v) is 2.77. The molecule has 110 valence electrons. The van der Waals surface area contributed by atoms with Crippen molar-refractivity contribution in [2.45, 2.75) is 83.1 Å². The molecule has 2 rings (SSSR count).